The summed E-state index contributed by atoms with van der Waals surface area (Å²) in [5, 5.41) is 0. The van der Waals surface area contributed by atoms with Crippen molar-refractivity contribution in [3.8, 4) is 0 Å². The Hall–Kier alpha value is -0.810. The van der Waals surface area contributed by atoms with E-state index in [1.165, 1.54) is 32.1 Å². The normalized spacial score (nSPS) is 15.7. The molecule has 0 unspecified atom stereocenters. The summed E-state index contributed by atoms with van der Waals surface area (Å²) in [5.74, 6) is 8.57. The van der Waals surface area contributed by atoms with Gasteiger partial charge in [-0.25, -0.2) is 4.79 Å². The first-order chi connectivity index (χ1) is 8.33. The molecular weight excluding hydrogens is 220 g/mol. The van der Waals surface area contributed by atoms with Gasteiger partial charge in [-0.05, 0) is 25.2 Å². The van der Waals surface area contributed by atoms with Crippen molar-refractivity contribution in [2.24, 2.45) is 17.6 Å². The number of nitrogens with two attached hydrogens (primary N) is 2. The Balaban J connectivity index is 0.00000121. The van der Waals surface area contributed by atoms with Gasteiger partial charge in [-0.1, -0.05) is 32.6 Å². The third-order valence-corrected chi connectivity index (χ3v) is 2.88. The molecule has 0 aromatic carbocycles. The van der Waals surface area contributed by atoms with Crippen LogP contribution in [0.4, 0.5) is 4.79 Å². The van der Waals surface area contributed by atoms with E-state index in [9.17, 15) is 4.79 Å². The van der Waals surface area contributed by atoms with Crippen LogP contribution in [0.2, 0.25) is 0 Å². The van der Waals surface area contributed by atoms with Crippen LogP contribution < -0.4 is 11.7 Å². The number of hydrogen-bond donors (Lipinski definition) is 2. The lowest BCUT2D eigenvalue weighted by atomic mass is 9.90. The van der Waals surface area contributed by atoms with Crippen LogP contribution in [0.3, 0.4) is 0 Å². The SMILES string of the molecule is CCCCOC(=O)OCC1CCCCC1.NN. The van der Waals surface area contributed by atoms with Gasteiger partial charge in [0.25, 0.3) is 0 Å². The number of carbonyl (C=O) groups is 1. The molecule has 1 aliphatic rings. The highest BCUT2D eigenvalue weighted by Crippen LogP contribution is 2.23. The van der Waals surface area contributed by atoms with Crippen molar-refractivity contribution in [3.05, 3.63) is 0 Å². The van der Waals surface area contributed by atoms with Crippen LogP contribution in [0.25, 0.3) is 0 Å². The van der Waals surface area contributed by atoms with Gasteiger partial charge in [0.2, 0.25) is 0 Å². The van der Waals surface area contributed by atoms with Gasteiger partial charge >= 0.3 is 6.16 Å². The molecule has 0 amide bonds. The fourth-order valence-electron chi connectivity index (χ4n) is 1.88. The van der Waals surface area contributed by atoms with Gasteiger partial charge in [0.15, 0.2) is 0 Å². The summed E-state index contributed by atoms with van der Waals surface area (Å²) in [6.07, 6.45) is 7.74. The minimum atomic E-state index is -0.492. The summed E-state index contributed by atoms with van der Waals surface area (Å²) < 4.78 is 9.98. The molecule has 0 aliphatic heterocycles. The standard InChI is InChI=1S/C12H22O3.H4N2/c1-2-3-9-14-12(13)15-10-11-7-5-4-6-8-11;1-2/h11H,2-10H2,1H3;1-2H2. The van der Waals surface area contributed by atoms with E-state index >= 15 is 0 Å². The monoisotopic (exact) mass is 246 g/mol. The summed E-state index contributed by atoms with van der Waals surface area (Å²) in [4.78, 5) is 11.1. The summed E-state index contributed by atoms with van der Waals surface area (Å²) in [5.41, 5.74) is 0. The minimum absolute atomic E-state index is 0.486. The van der Waals surface area contributed by atoms with E-state index in [1.54, 1.807) is 0 Å². The fraction of sp³-hybridized carbons (Fsp3) is 0.917. The van der Waals surface area contributed by atoms with E-state index in [0.29, 0.717) is 19.1 Å². The Bertz CT molecular complexity index is 183. The molecule has 0 atom stereocenters. The Labute approximate surface area is 104 Å². The van der Waals surface area contributed by atoms with Crippen molar-refractivity contribution in [1.82, 2.24) is 0 Å². The maximum Gasteiger partial charge on any atom is 0.508 e. The highest BCUT2D eigenvalue weighted by molar-refractivity contribution is 5.59. The molecule has 5 heteroatoms. The van der Waals surface area contributed by atoms with Crippen molar-refractivity contribution in [3.63, 3.8) is 0 Å². The molecule has 0 saturated heterocycles. The Morgan fingerprint density at radius 2 is 1.82 bits per heavy atom. The van der Waals surface area contributed by atoms with E-state index in [4.69, 9.17) is 9.47 Å². The van der Waals surface area contributed by atoms with Gasteiger partial charge in [-0.3, -0.25) is 11.7 Å². The molecule has 0 aromatic rings. The lowest BCUT2D eigenvalue weighted by Gasteiger charge is -2.20. The van der Waals surface area contributed by atoms with Crippen LogP contribution >= 0.6 is 0 Å². The molecule has 1 rings (SSSR count). The van der Waals surface area contributed by atoms with Crippen LogP contribution in [-0.4, -0.2) is 19.4 Å². The average Bonchev–Trinajstić information content (AvgIpc) is 2.40. The number of unbranched alkanes of at least 4 members (excludes halogenated alkanes) is 1. The van der Waals surface area contributed by atoms with Crippen LogP contribution in [0, 0.1) is 5.92 Å². The topological polar surface area (TPSA) is 87.6 Å². The van der Waals surface area contributed by atoms with Crippen molar-refractivity contribution in [2.45, 2.75) is 51.9 Å². The number of ether oxygens (including phenoxy) is 2. The molecule has 1 fully saturated rings. The largest absolute Gasteiger partial charge is 0.508 e. The summed E-state index contributed by atoms with van der Waals surface area (Å²) in [6, 6.07) is 0. The number of rotatable bonds is 5. The zero-order valence-electron chi connectivity index (χ0n) is 10.8. The van der Waals surface area contributed by atoms with Gasteiger partial charge in [0, 0.05) is 0 Å². The molecule has 0 bridgehead atoms. The van der Waals surface area contributed by atoms with Crippen molar-refractivity contribution in [1.29, 1.82) is 0 Å². The van der Waals surface area contributed by atoms with Crippen LogP contribution in [0.5, 0.6) is 0 Å². The Morgan fingerprint density at radius 1 is 1.18 bits per heavy atom. The highest BCUT2D eigenvalue weighted by Gasteiger charge is 2.15. The molecule has 1 saturated carbocycles. The van der Waals surface area contributed by atoms with Gasteiger partial charge < -0.3 is 9.47 Å². The zero-order chi connectivity index (χ0) is 12.9. The third-order valence-electron chi connectivity index (χ3n) is 2.88. The lowest BCUT2D eigenvalue weighted by molar-refractivity contribution is 0.0391. The average molecular weight is 246 g/mol. The minimum Gasteiger partial charge on any atom is -0.434 e. The maximum atomic E-state index is 11.1. The molecule has 0 radical (unpaired) electrons. The summed E-state index contributed by atoms with van der Waals surface area (Å²) in [7, 11) is 0. The second-order valence-electron chi connectivity index (χ2n) is 4.27. The van der Waals surface area contributed by atoms with Crippen LogP contribution in [0.1, 0.15) is 51.9 Å². The molecule has 17 heavy (non-hydrogen) atoms. The van der Waals surface area contributed by atoms with Gasteiger partial charge in [-0.2, -0.15) is 0 Å². The number of hydrazine groups is 1. The van der Waals surface area contributed by atoms with Gasteiger partial charge in [0.1, 0.15) is 0 Å². The molecule has 4 N–H and O–H groups in total. The molecule has 102 valence electrons. The highest BCUT2D eigenvalue weighted by atomic mass is 16.7. The molecule has 0 spiro atoms. The second-order valence-corrected chi connectivity index (χ2v) is 4.27. The summed E-state index contributed by atoms with van der Waals surface area (Å²) >= 11 is 0. The zero-order valence-corrected chi connectivity index (χ0v) is 10.8. The fourth-order valence-corrected chi connectivity index (χ4v) is 1.88. The smallest absolute Gasteiger partial charge is 0.434 e. The van der Waals surface area contributed by atoms with Crippen LogP contribution in [0.15, 0.2) is 0 Å². The third kappa shape index (κ3) is 8.94. The van der Waals surface area contributed by atoms with E-state index in [1.807, 2.05) is 0 Å². The van der Waals surface area contributed by atoms with E-state index in [0.717, 1.165) is 12.8 Å². The van der Waals surface area contributed by atoms with Crippen molar-refractivity contribution < 1.29 is 14.3 Å². The molecule has 0 aromatic heterocycles. The van der Waals surface area contributed by atoms with Crippen molar-refractivity contribution in [2.75, 3.05) is 13.2 Å². The Kier molecular flexibility index (Phi) is 11.1. The number of carbonyl (C=O) groups excluding carboxylic acids is 1. The predicted octanol–water partition coefficient (Wildman–Crippen LogP) is 2.34. The first kappa shape index (κ1) is 16.2. The van der Waals surface area contributed by atoms with E-state index < -0.39 is 6.16 Å². The van der Waals surface area contributed by atoms with E-state index in [2.05, 4.69) is 18.6 Å². The molecular formula is C12H26N2O3. The van der Waals surface area contributed by atoms with Gasteiger partial charge in [-0.15, -0.1) is 0 Å². The molecule has 1 aliphatic carbocycles. The molecule has 0 heterocycles. The first-order valence-corrected chi connectivity index (χ1v) is 6.45. The quantitative estimate of drug-likeness (QED) is 0.336. The second kappa shape index (κ2) is 11.7. The predicted molar refractivity (Wildman–Crippen MR) is 67.2 cm³/mol. The van der Waals surface area contributed by atoms with Crippen molar-refractivity contribution >= 4 is 6.16 Å². The molecule has 5 nitrogen and oxygen atoms in total. The maximum absolute atomic E-state index is 11.1. The Morgan fingerprint density at radius 3 is 2.41 bits per heavy atom. The van der Waals surface area contributed by atoms with Gasteiger partial charge in [0.05, 0.1) is 13.2 Å². The summed E-state index contributed by atoms with van der Waals surface area (Å²) in [6.45, 7) is 3.10. The first-order valence-electron chi connectivity index (χ1n) is 6.45. The number of hydrogen-bond acceptors (Lipinski definition) is 5. The van der Waals surface area contributed by atoms with E-state index in [-0.39, 0.29) is 0 Å². The lowest BCUT2D eigenvalue weighted by Crippen LogP contribution is -2.17. The van der Waals surface area contributed by atoms with Crippen LogP contribution in [-0.2, 0) is 9.47 Å².